The molecular weight excluding hydrogens is 815 g/mol. The van der Waals surface area contributed by atoms with Crippen LogP contribution in [0.15, 0.2) is 48.6 Å². The smallest absolute Gasteiger partial charge is 0.305 e. The first-order valence-electron chi connectivity index (χ1n) is 28.9. The van der Waals surface area contributed by atoms with E-state index >= 15 is 0 Å². The average molecular weight is 927 g/mol. The van der Waals surface area contributed by atoms with E-state index in [2.05, 4.69) is 49.5 Å². The van der Waals surface area contributed by atoms with Crippen LogP contribution in [0.3, 0.4) is 0 Å². The summed E-state index contributed by atoms with van der Waals surface area (Å²) in [6, 6.07) is -0.673. The van der Waals surface area contributed by atoms with Crippen LogP contribution >= 0.6 is 0 Å². The Balaban J connectivity index is 3.57. The number of hydrogen-bond acceptors (Lipinski definition) is 5. The Morgan fingerprint density at radius 3 is 1.20 bits per heavy atom. The minimum atomic E-state index is -0.881. The quantitative estimate of drug-likeness (QED) is 0.0321. The predicted molar refractivity (Wildman–Crippen MR) is 287 cm³/mol. The van der Waals surface area contributed by atoms with Crippen molar-refractivity contribution in [2.45, 2.75) is 309 Å². The number of aliphatic hydroxyl groups excluding tert-OH is 2. The highest BCUT2D eigenvalue weighted by Gasteiger charge is 2.17. The van der Waals surface area contributed by atoms with Crippen LogP contribution in [0.25, 0.3) is 0 Å². The van der Waals surface area contributed by atoms with E-state index in [1.807, 2.05) is 12.2 Å². The summed E-state index contributed by atoms with van der Waals surface area (Å²) in [7, 11) is 0. The van der Waals surface area contributed by atoms with Gasteiger partial charge in [-0.25, -0.2) is 0 Å². The van der Waals surface area contributed by atoms with Crippen LogP contribution in [-0.4, -0.2) is 47.4 Å². The van der Waals surface area contributed by atoms with Gasteiger partial charge >= 0.3 is 5.97 Å². The number of ether oxygens (including phenoxy) is 1. The molecule has 0 aliphatic rings. The molecule has 0 saturated carbocycles. The number of nitrogens with one attached hydrogen (secondary N) is 1. The molecule has 0 aromatic carbocycles. The van der Waals surface area contributed by atoms with Crippen molar-refractivity contribution in [3.63, 3.8) is 0 Å². The maximum atomic E-state index is 12.4. The highest BCUT2D eigenvalue weighted by Crippen LogP contribution is 2.16. The van der Waals surface area contributed by atoms with Gasteiger partial charge in [0.2, 0.25) is 5.91 Å². The summed E-state index contributed by atoms with van der Waals surface area (Å²) >= 11 is 0. The van der Waals surface area contributed by atoms with E-state index in [9.17, 15) is 19.8 Å². The standard InChI is InChI=1S/C60H111NO5/c1-3-5-7-9-11-13-15-17-19-21-22-24-25-28-32-36-40-44-48-52-58(63)57(56-62)61-59(64)53-49-45-41-37-33-29-27-31-35-39-43-47-51-55-66-60(65)54-50-46-42-38-34-30-26-23-20-18-16-14-12-10-8-6-4-2/h18,20,29,33,41,45,48,52,57-58,62-63H,3-17,19,21-28,30-32,34-40,42-44,46-47,49-51,53-56H2,1-2H3,(H,61,64)/b20-18-,33-29-,45-41-,52-48+. The summed E-state index contributed by atoms with van der Waals surface area (Å²) in [4.78, 5) is 24.5. The molecule has 2 unspecified atom stereocenters. The van der Waals surface area contributed by atoms with Crippen molar-refractivity contribution < 1.29 is 24.5 Å². The minimum Gasteiger partial charge on any atom is -0.466 e. The maximum absolute atomic E-state index is 12.4. The molecule has 0 saturated heterocycles. The molecule has 2 atom stereocenters. The number of aliphatic hydroxyl groups is 2. The third-order valence-corrected chi connectivity index (χ3v) is 13.1. The fourth-order valence-electron chi connectivity index (χ4n) is 8.62. The Labute approximate surface area is 410 Å². The number of carbonyl (C=O) groups excluding carboxylic acids is 2. The van der Waals surface area contributed by atoms with Gasteiger partial charge in [0.25, 0.3) is 0 Å². The summed E-state index contributed by atoms with van der Waals surface area (Å²) in [5, 5.41) is 23.1. The molecule has 0 aromatic heterocycles. The van der Waals surface area contributed by atoms with E-state index in [0.29, 0.717) is 25.9 Å². The van der Waals surface area contributed by atoms with Crippen molar-refractivity contribution in [3.05, 3.63) is 48.6 Å². The lowest BCUT2D eigenvalue weighted by Gasteiger charge is -2.19. The van der Waals surface area contributed by atoms with Crippen LogP contribution < -0.4 is 5.32 Å². The van der Waals surface area contributed by atoms with Crippen LogP contribution in [-0.2, 0) is 14.3 Å². The predicted octanol–water partition coefficient (Wildman–Crippen LogP) is 17.8. The van der Waals surface area contributed by atoms with Gasteiger partial charge in [0.1, 0.15) is 0 Å². The second-order valence-electron chi connectivity index (χ2n) is 19.6. The number of unbranched alkanes of at least 4 members (excludes halogenated alkanes) is 36. The number of allylic oxidation sites excluding steroid dienone is 7. The lowest BCUT2D eigenvalue weighted by atomic mass is 10.0. The molecule has 0 fully saturated rings. The first-order valence-corrected chi connectivity index (χ1v) is 28.9. The second kappa shape index (κ2) is 55.4. The van der Waals surface area contributed by atoms with Crippen LogP contribution in [0, 0.1) is 0 Å². The van der Waals surface area contributed by atoms with Gasteiger partial charge in [-0.2, -0.15) is 0 Å². The number of carbonyl (C=O) groups is 2. The Morgan fingerprint density at radius 2 is 0.773 bits per heavy atom. The largest absolute Gasteiger partial charge is 0.466 e. The zero-order chi connectivity index (χ0) is 47.9. The molecular formula is C60H111NO5. The van der Waals surface area contributed by atoms with Gasteiger partial charge in [0.15, 0.2) is 0 Å². The van der Waals surface area contributed by atoms with Crippen molar-refractivity contribution in [2.24, 2.45) is 0 Å². The summed E-state index contributed by atoms with van der Waals surface area (Å²) in [6.07, 6.45) is 70.0. The van der Waals surface area contributed by atoms with Crippen LogP contribution in [0.5, 0.6) is 0 Å². The molecule has 3 N–H and O–H groups in total. The van der Waals surface area contributed by atoms with Gasteiger partial charge in [-0.15, -0.1) is 0 Å². The highest BCUT2D eigenvalue weighted by molar-refractivity contribution is 5.76. The molecule has 0 heterocycles. The zero-order valence-corrected chi connectivity index (χ0v) is 43.9. The fourth-order valence-corrected chi connectivity index (χ4v) is 8.62. The lowest BCUT2D eigenvalue weighted by molar-refractivity contribution is -0.143. The van der Waals surface area contributed by atoms with Gasteiger partial charge in [0.05, 0.1) is 25.4 Å². The normalized spacial score (nSPS) is 13.0. The Hall–Kier alpha value is -2.18. The van der Waals surface area contributed by atoms with E-state index in [1.165, 1.54) is 212 Å². The third kappa shape index (κ3) is 51.2. The Bertz CT molecular complexity index is 1110. The monoisotopic (exact) mass is 926 g/mol. The zero-order valence-electron chi connectivity index (χ0n) is 43.9. The second-order valence-corrected chi connectivity index (χ2v) is 19.6. The van der Waals surface area contributed by atoms with Crippen molar-refractivity contribution in [1.82, 2.24) is 5.32 Å². The molecule has 0 spiro atoms. The number of amides is 1. The molecule has 0 radical (unpaired) electrons. The lowest BCUT2D eigenvalue weighted by Crippen LogP contribution is -2.45. The fraction of sp³-hybridized carbons (Fsp3) is 0.833. The maximum Gasteiger partial charge on any atom is 0.305 e. The summed E-state index contributed by atoms with van der Waals surface area (Å²) in [5.74, 6) is -0.170. The van der Waals surface area contributed by atoms with E-state index in [0.717, 1.165) is 51.4 Å². The van der Waals surface area contributed by atoms with Gasteiger partial charge in [-0.1, -0.05) is 255 Å². The molecule has 0 bridgehead atoms. The Kier molecular flexibility index (Phi) is 53.6. The molecule has 6 nitrogen and oxygen atoms in total. The highest BCUT2D eigenvalue weighted by atomic mass is 16.5. The summed E-state index contributed by atoms with van der Waals surface area (Å²) < 4.78 is 5.46. The van der Waals surface area contributed by atoms with Crippen LogP contribution in [0.2, 0.25) is 0 Å². The topological polar surface area (TPSA) is 95.9 Å². The van der Waals surface area contributed by atoms with Gasteiger partial charge in [0, 0.05) is 12.8 Å². The molecule has 0 aromatic rings. The van der Waals surface area contributed by atoms with Gasteiger partial charge in [-0.05, 0) is 77.0 Å². The number of hydrogen-bond donors (Lipinski definition) is 3. The van der Waals surface area contributed by atoms with E-state index in [1.54, 1.807) is 6.08 Å². The van der Waals surface area contributed by atoms with Crippen molar-refractivity contribution in [3.8, 4) is 0 Å². The first kappa shape index (κ1) is 63.8. The van der Waals surface area contributed by atoms with Crippen LogP contribution in [0.1, 0.15) is 296 Å². The SMILES string of the molecule is CCCCCCCC/C=C\CCCCCCCCCC(=O)OCCCCCCCC/C=C\C/C=C\CCC(=O)NC(CO)C(O)/C=C/CCCCCCCCCCCCCCCCCCC. The number of esters is 1. The van der Waals surface area contributed by atoms with Gasteiger partial charge in [-0.3, -0.25) is 9.59 Å². The van der Waals surface area contributed by atoms with Crippen LogP contribution in [0.4, 0.5) is 0 Å². The van der Waals surface area contributed by atoms with E-state index in [-0.39, 0.29) is 18.5 Å². The summed E-state index contributed by atoms with van der Waals surface area (Å²) in [6.45, 7) is 4.84. The molecule has 6 heteroatoms. The third-order valence-electron chi connectivity index (χ3n) is 13.1. The Morgan fingerprint density at radius 1 is 0.424 bits per heavy atom. The summed E-state index contributed by atoms with van der Waals surface area (Å²) in [5.41, 5.74) is 0. The van der Waals surface area contributed by atoms with E-state index < -0.39 is 12.1 Å². The minimum absolute atomic E-state index is 0.0220. The van der Waals surface area contributed by atoms with Gasteiger partial charge < -0.3 is 20.3 Å². The molecule has 0 aliphatic carbocycles. The van der Waals surface area contributed by atoms with Crippen molar-refractivity contribution >= 4 is 11.9 Å². The molecule has 386 valence electrons. The average Bonchev–Trinajstić information content (AvgIpc) is 3.32. The number of rotatable bonds is 53. The molecule has 0 aliphatic heterocycles. The van der Waals surface area contributed by atoms with E-state index in [4.69, 9.17) is 4.74 Å². The first-order chi connectivity index (χ1) is 32.5. The molecule has 1 amide bonds. The molecule has 66 heavy (non-hydrogen) atoms. The van der Waals surface area contributed by atoms with Crippen molar-refractivity contribution in [1.29, 1.82) is 0 Å². The van der Waals surface area contributed by atoms with Crippen molar-refractivity contribution in [2.75, 3.05) is 13.2 Å². The molecule has 0 rings (SSSR count).